The Hall–Kier alpha value is -1.61. The van der Waals surface area contributed by atoms with Gasteiger partial charge < -0.3 is 9.67 Å². The molecule has 3 nitrogen and oxygen atoms in total. The highest BCUT2D eigenvalue weighted by Gasteiger charge is 2.10. The molecule has 0 fully saturated rings. The van der Waals surface area contributed by atoms with Crippen LogP contribution in [0.2, 0.25) is 0 Å². The summed E-state index contributed by atoms with van der Waals surface area (Å²) >= 11 is 0. The summed E-state index contributed by atoms with van der Waals surface area (Å²) in [5.74, 6) is 1.03. The van der Waals surface area contributed by atoms with Gasteiger partial charge in [0.05, 0.1) is 11.0 Å². The van der Waals surface area contributed by atoms with Crippen molar-refractivity contribution in [2.45, 2.75) is 33.2 Å². The Bertz CT molecular complexity index is 569. The molecular formula is C15H20N2O. The van der Waals surface area contributed by atoms with Crippen molar-refractivity contribution in [1.29, 1.82) is 0 Å². The number of allylic oxidation sites excluding steroid dienone is 1. The molecule has 1 aromatic carbocycles. The zero-order chi connectivity index (χ0) is 13.1. The topological polar surface area (TPSA) is 38.0 Å². The van der Waals surface area contributed by atoms with Crippen molar-refractivity contribution in [2.24, 2.45) is 0 Å². The standard InChI is InChI=1S/C15H20N2O/c1-4-7-17-14-10-12(3)11(2)9-13(14)16-15(17)6-5-8-18/h4,9-10,18H,1,5-8H2,2-3H3. The smallest absolute Gasteiger partial charge is 0.110 e. The molecule has 0 aliphatic carbocycles. The van der Waals surface area contributed by atoms with Gasteiger partial charge in [0, 0.05) is 19.6 Å². The van der Waals surface area contributed by atoms with E-state index in [1.54, 1.807) is 0 Å². The van der Waals surface area contributed by atoms with Crippen molar-refractivity contribution in [1.82, 2.24) is 9.55 Å². The van der Waals surface area contributed by atoms with Gasteiger partial charge in [0.25, 0.3) is 0 Å². The monoisotopic (exact) mass is 244 g/mol. The minimum atomic E-state index is 0.204. The molecule has 1 heterocycles. The van der Waals surface area contributed by atoms with Gasteiger partial charge in [-0.3, -0.25) is 0 Å². The predicted octanol–water partition coefficient (Wildman–Crippen LogP) is 2.76. The van der Waals surface area contributed by atoms with Gasteiger partial charge in [0.15, 0.2) is 0 Å². The molecule has 0 radical (unpaired) electrons. The molecule has 3 heteroatoms. The number of benzene rings is 1. The lowest BCUT2D eigenvalue weighted by atomic mass is 10.1. The van der Waals surface area contributed by atoms with Crippen LogP contribution in [0.25, 0.3) is 11.0 Å². The minimum absolute atomic E-state index is 0.204. The molecule has 96 valence electrons. The first-order valence-electron chi connectivity index (χ1n) is 6.35. The second-order valence-electron chi connectivity index (χ2n) is 4.68. The van der Waals surface area contributed by atoms with E-state index in [1.165, 1.54) is 11.1 Å². The number of aliphatic hydroxyl groups excluding tert-OH is 1. The maximum Gasteiger partial charge on any atom is 0.110 e. The summed E-state index contributed by atoms with van der Waals surface area (Å²) < 4.78 is 2.18. The Kier molecular flexibility index (Phi) is 3.82. The largest absolute Gasteiger partial charge is 0.396 e. The first-order valence-corrected chi connectivity index (χ1v) is 6.35. The average Bonchev–Trinajstić information content (AvgIpc) is 2.66. The van der Waals surface area contributed by atoms with Gasteiger partial charge in [-0.2, -0.15) is 0 Å². The van der Waals surface area contributed by atoms with Crippen LogP contribution < -0.4 is 0 Å². The summed E-state index contributed by atoms with van der Waals surface area (Å²) in [6, 6.07) is 4.32. The Labute approximate surface area is 108 Å². The molecule has 2 aromatic rings. The molecule has 18 heavy (non-hydrogen) atoms. The molecule has 0 unspecified atom stereocenters. The lowest BCUT2D eigenvalue weighted by Gasteiger charge is -2.06. The van der Waals surface area contributed by atoms with E-state index in [4.69, 9.17) is 5.11 Å². The van der Waals surface area contributed by atoms with E-state index >= 15 is 0 Å². The Morgan fingerprint density at radius 1 is 1.33 bits per heavy atom. The maximum absolute atomic E-state index is 8.95. The number of hydrogen-bond acceptors (Lipinski definition) is 2. The number of aliphatic hydroxyl groups is 1. The number of imidazole rings is 1. The van der Waals surface area contributed by atoms with Crippen molar-refractivity contribution in [3.05, 3.63) is 41.7 Å². The molecule has 1 aromatic heterocycles. The highest BCUT2D eigenvalue weighted by atomic mass is 16.2. The first kappa shape index (κ1) is 12.8. The maximum atomic E-state index is 8.95. The Morgan fingerprint density at radius 3 is 2.72 bits per heavy atom. The second-order valence-corrected chi connectivity index (χ2v) is 4.68. The number of rotatable bonds is 5. The van der Waals surface area contributed by atoms with E-state index < -0.39 is 0 Å². The van der Waals surface area contributed by atoms with Gasteiger partial charge in [-0.05, 0) is 43.5 Å². The fraction of sp³-hybridized carbons (Fsp3) is 0.400. The molecule has 1 N–H and O–H groups in total. The zero-order valence-electron chi connectivity index (χ0n) is 11.1. The van der Waals surface area contributed by atoms with Gasteiger partial charge >= 0.3 is 0 Å². The molecule has 0 saturated carbocycles. The van der Waals surface area contributed by atoms with Crippen LogP contribution in [0.3, 0.4) is 0 Å². The number of nitrogens with zero attached hydrogens (tertiary/aromatic N) is 2. The van der Waals surface area contributed by atoms with E-state index in [-0.39, 0.29) is 6.61 Å². The zero-order valence-corrected chi connectivity index (χ0v) is 11.1. The molecular weight excluding hydrogens is 224 g/mol. The Balaban J connectivity index is 2.55. The highest BCUT2D eigenvalue weighted by Crippen LogP contribution is 2.21. The molecule has 0 saturated heterocycles. The van der Waals surface area contributed by atoms with E-state index in [9.17, 15) is 0 Å². The van der Waals surface area contributed by atoms with Crippen LogP contribution in [0.4, 0.5) is 0 Å². The minimum Gasteiger partial charge on any atom is -0.396 e. The van der Waals surface area contributed by atoms with Crippen LogP contribution >= 0.6 is 0 Å². The van der Waals surface area contributed by atoms with E-state index in [1.807, 2.05) is 6.08 Å². The molecule has 0 spiro atoms. The molecule has 2 rings (SSSR count). The number of aryl methyl sites for hydroxylation is 3. The summed E-state index contributed by atoms with van der Waals surface area (Å²) in [6.45, 7) is 9.00. The molecule has 0 aliphatic rings. The number of aromatic nitrogens is 2. The first-order chi connectivity index (χ1) is 8.67. The quantitative estimate of drug-likeness (QED) is 0.821. The fourth-order valence-electron chi connectivity index (χ4n) is 2.19. The number of fused-ring (bicyclic) bond motifs is 1. The van der Waals surface area contributed by atoms with Crippen LogP contribution in [0.15, 0.2) is 24.8 Å². The second kappa shape index (κ2) is 5.36. The normalized spacial score (nSPS) is 11.1. The van der Waals surface area contributed by atoms with E-state index in [0.29, 0.717) is 0 Å². The number of hydrogen-bond donors (Lipinski definition) is 1. The average molecular weight is 244 g/mol. The summed E-state index contributed by atoms with van der Waals surface area (Å²) in [7, 11) is 0. The lowest BCUT2D eigenvalue weighted by Crippen LogP contribution is -2.03. The summed E-state index contributed by atoms with van der Waals surface area (Å²) in [5.41, 5.74) is 4.74. The molecule has 0 aliphatic heterocycles. The van der Waals surface area contributed by atoms with Gasteiger partial charge in [0.2, 0.25) is 0 Å². The van der Waals surface area contributed by atoms with Gasteiger partial charge in [-0.1, -0.05) is 6.08 Å². The third-order valence-corrected chi connectivity index (χ3v) is 3.31. The SMILES string of the molecule is C=CCn1c(CCCO)nc2cc(C)c(C)cc21. The summed E-state index contributed by atoms with van der Waals surface area (Å²) in [4.78, 5) is 4.67. The van der Waals surface area contributed by atoms with Crippen molar-refractivity contribution in [2.75, 3.05) is 6.61 Å². The van der Waals surface area contributed by atoms with Crippen LogP contribution in [-0.4, -0.2) is 21.3 Å². The lowest BCUT2D eigenvalue weighted by molar-refractivity contribution is 0.287. The molecule has 0 atom stereocenters. The van der Waals surface area contributed by atoms with Crippen molar-refractivity contribution in [3.8, 4) is 0 Å². The van der Waals surface area contributed by atoms with Crippen molar-refractivity contribution >= 4 is 11.0 Å². The van der Waals surface area contributed by atoms with E-state index in [2.05, 4.69) is 42.1 Å². The van der Waals surface area contributed by atoms with Gasteiger partial charge in [0.1, 0.15) is 5.82 Å². The summed E-state index contributed by atoms with van der Waals surface area (Å²) in [5, 5.41) is 8.95. The van der Waals surface area contributed by atoms with Crippen molar-refractivity contribution in [3.63, 3.8) is 0 Å². The third kappa shape index (κ3) is 2.31. The van der Waals surface area contributed by atoms with Crippen molar-refractivity contribution < 1.29 is 5.11 Å². The van der Waals surface area contributed by atoms with Crippen LogP contribution in [-0.2, 0) is 13.0 Å². The fourth-order valence-corrected chi connectivity index (χ4v) is 2.19. The summed E-state index contributed by atoms with van der Waals surface area (Å²) in [6.07, 6.45) is 3.44. The highest BCUT2D eigenvalue weighted by molar-refractivity contribution is 5.78. The van der Waals surface area contributed by atoms with E-state index in [0.717, 1.165) is 36.2 Å². The molecule has 0 bridgehead atoms. The predicted molar refractivity (Wildman–Crippen MR) is 74.8 cm³/mol. The van der Waals surface area contributed by atoms with Gasteiger partial charge in [-0.15, -0.1) is 6.58 Å². The molecule has 0 amide bonds. The van der Waals surface area contributed by atoms with Crippen LogP contribution in [0.5, 0.6) is 0 Å². The Morgan fingerprint density at radius 2 is 2.06 bits per heavy atom. The van der Waals surface area contributed by atoms with Gasteiger partial charge in [-0.25, -0.2) is 4.98 Å². The van der Waals surface area contributed by atoms with Crippen LogP contribution in [0.1, 0.15) is 23.4 Å². The van der Waals surface area contributed by atoms with Crippen LogP contribution in [0, 0.1) is 13.8 Å². The third-order valence-electron chi connectivity index (χ3n) is 3.31.